The summed E-state index contributed by atoms with van der Waals surface area (Å²) in [6.07, 6.45) is 0. The summed E-state index contributed by atoms with van der Waals surface area (Å²) in [5, 5.41) is 2.69. The Kier molecular flexibility index (Phi) is 8.10. The molecule has 70 valence electrons. The first-order valence-electron chi connectivity index (χ1n) is 3.48. The molecule has 0 heterocycles. The Morgan fingerprint density at radius 3 is 2.31 bits per heavy atom. The molecule has 0 aliphatic carbocycles. The van der Waals surface area contributed by atoms with Crippen LogP contribution in [0.3, 0.4) is 0 Å². The van der Waals surface area contributed by atoms with E-state index in [1.165, 1.54) is 16.3 Å². The van der Waals surface area contributed by atoms with E-state index in [2.05, 4.69) is 43.3 Å². The third kappa shape index (κ3) is 3.49. The Morgan fingerprint density at radius 1 is 1.08 bits per heavy atom. The van der Waals surface area contributed by atoms with Crippen LogP contribution in [0.4, 0.5) is 0 Å². The summed E-state index contributed by atoms with van der Waals surface area (Å²) in [4.78, 5) is 0. The minimum Gasteiger partial charge on any atom is -0.165 e. The van der Waals surface area contributed by atoms with Crippen LogP contribution in [0.1, 0.15) is 5.56 Å². The molecule has 0 fully saturated rings. The molecular formula is C10H11Cl2Hf-. The summed E-state index contributed by atoms with van der Waals surface area (Å²) in [6, 6.07) is 12.8. The third-order valence-corrected chi connectivity index (χ3v) is 1.76. The van der Waals surface area contributed by atoms with E-state index in [1.807, 2.05) is 0 Å². The van der Waals surface area contributed by atoms with Crippen molar-refractivity contribution in [3.05, 3.63) is 42.0 Å². The molecular weight excluding hydrogens is 370 g/mol. The van der Waals surface area contributed by atoms with Crippen molar-refractivity contribution in [3.8, 4) is 0 Å². The van der Waals surface area contributed by atoms with Gasteiger partial charge in [-0.2, -0.15) is 6.07 Å². The molecule has 13 heavy (non-hydrogen) atoms. The van der Waals surface area contributed by atoms with Crippen molar-refractivity contribution in [2.45, 2.75) is 6.92 Å². The molecule has 0 atom stereocenters. The van der Waals surface area contributed by atoms with Gasteiger partial charge < -0.3 is 0 Å². The Morgan fingerprint density at radius 2 is 1.69 bits per heavy atom. The van der Waals surface area contributed by atoms with Crippen molar-refractivity contribution < 1.29 is 25.8 Å². The molecule has 0 aromatic heterocycles. The van der Waals surface area contributed by atoms with Crippen molar-refractivity contribution in [1.82, 2.24) is 0 Å². The predicted molar refractivity (Wildman–Crippen MR) is 58.8 cm³/mol. The zero-order valence-electron chi connectivity index (χ0n) is 7.28. The average Bonchev–Trinajstić information content (AvgIpc) is 2.27. The zero-order chi connectivity index (χ0) is 6.97. The van der Waals surface area contributed by atoms with Gasteiger partial charge in [-0.05, 0) is 0 Å². The Labute approximate surface area is 110 Å². The number of benzene rings is 1. The largest absolute Gasteiger partial charge is 0.165 e. The third-order valence-electron chi connectivity index (χ3n) is 1.76. The SMILES string of the molecule is Cc1cc2ccccc2[cH-]1.Cl.Cl.[Hf]. The van der Waals surface area contributed by atoms with Crippen molar-refractivity contribution >= 4 is 35.6 Å². The Bertz CT molecular complexity index is 321. The van der Waals surface area contributed by atoms with Crippen molar-refractivity contribution in [3.63, 3.8) is 0 Å². The van der Waals surface area contributed by atoms with Crippen LogP contribution in [-0.2, 0) is 25.8 Å². The molecule has 0 aliphatic heterocycles. The van der Waals surface area contributed by atoms with Gasteiger partial charge in [0.05, 0.1) is 0 Å². The molecule has 0 aliphatic rings. The summed E-state index contributed by atoms with van der Waals surface area (Å²) in [5.41, 5.74) is 1.35. The van der Waals surface area contributed by atoms with Gasteiger partial charge in [0.15, 0.2) is 0 Å². The van der Waals surface area contributed by atoms with Crippen LogP contribution in [0, 0.1) is 6.92 Å². The molecule has 0 N–H and O–H groups in total. The molecule has 0 saturated carbocycles. The maximum atomic E-state index is 2.20. The second-order valence-corrected chi connectivity index (χ2v) is 2.66. The van der Waals surface area contributed by atoms with Crippen molar-refractivity contribution in [2.24, 2.45) is 0 Å². The molecule has 0 radical (unpaired) electrons. The van der Waals surface area contributed by atoms with Gasteiger partial charge in [0.2, 0.25) is 0 Å². The number of rotatable bonds is 0. The van der Waals surface area contributed by atoms with E-state index in [0.29, 0.717) is 0 Å². The number of fused-ring (bicyclic) bond motifs is 1. The first-order chi connectivity index (χ1) is 4.86. The van der Waals surface area contributed by atoms with Gasteiger partial charge in [-0.1, -0.05) is 13.0 Å². The first-order valence-corrected chi connectivity index (χ1v) is 3.48. The van der Waals surface area contributed by atoms with Crippen LogP contribution < -0.4 is 0 Å². The predicted octanol–water partition coefficient (Wildman–Crippen LogP) is 3.71. The second-order valence-electron chi connectivity index (χ2n) is 2.66. The summed E-state index contributed by atoms with van der Waals surface area (Å²) in [6.45, 7) is 2.12. The van der Waals surface area contributed by atoms with Crippen LogP contribution in [0.25, 0.3) is 10.8 Å². The standard InChI is InChI=1S/C10H9.2ClH.Hf/c1-8-6-9-4-2-3-5-10(9)7-8;;;/h2-7H,1H3;2*1H;/q-1;;;. The van der Waals surface area contributed by atoms with Crippen molar-refractivity contribution in [1.29, 1.82) is 0 Å². The molecule has 0 amide bonds. The number of halogens is 2. The maximum Gasteiger partial charge on any atom is 0 e. The fraction of sp³-hybridized carbons (Fsp3) is 0.100. The fourth-order valence-electron chi connectivity index (χ4n) is 1.31. The topological polar surface area (TPSA) is 0 Å². The van der Waals surface area contributed by atoms with Gasteiger partial charge in [0, 0.05) is 25.8 Å². The maximum absolute atomic E-state index is 2.20. The number of hydrogen-bond acceptors (Lipinski definition) is 0. The van der Waals surface area contributed by atoms with Crippen LogP contribution >= 0.6 is 24.8 Å². The summed E-state index contributed by atoms with van der Waals surface area (Å²) in [5.74, 6) is 0. The molecule has 2 aromatic carbocycles. The van der Waals surface area contributed by atoms with Crippen LogP contribution in [0.15, 0.2) is 36.4 Å². The van der Waals surface area contributed by atoms with Crippen LogP contribution in [0.2, 0.25) is 0 Å². The van der Waals surface area contributed by atoms with Crippen LogP contribution in [0.5, 0.6) is 0 Å². The fourth-order valence-corrected chi connectivity index (χ4v) is 1.31. The normalized spacial score (nSPS) is 8.08. The smallest absolute Gasteiger partial charge is 0 e. The molecule has 2 aromatic rings. The zero-order valence-corrected chi connectivity index (χ0v) is 12.5. The summed E-state index contributed by atoms with van der Waals surface area (Å²) in [7, 11) is 0. The molecule has 0 unspecified atom stereocenters. The van der Waals surface area contributed by atoms with Gasteiger partial charge in [-0.15, -0.1) is 65.4 Å². The van der Waals surface area contributed by atoms with E-state index < -0.39 is 0 Å². The molecule has 0 spiro atoms. The van der Waals surface area contributed by atoms with E-state index in [0.717, 1.165) is 0 Å². The molecule has 2 rings (SSSR count). The van der Waals surface area contributed by atoms with E-state index in [4.69, 9.17) is 0 Å². The van der Waals surface area contributed by atoms with Gasteiger partial charge >= 0.3 is 0 Å². The average molecular weight is 381 g/mol. The van der Waals surface area contributed by atoms with E-state index in [9.17, 15) is 0 Å². The van der Waals surface area contributed by atoms with E-state index in [-0.39, 0.29) is 50.7 Å². The number of hydrogen-bond donors (Lipinski definition) is 0. The van der Waals surface area contributed by atoms with Gasteiger partial charge in [-0.25, -0.2) is 0 Å². The molecule has 0 bridgehead atoms. The molecule has 0 saturated heterocycles. The monoisotopic (exact) mass is 381 g/mol. The minimum absolute atomic E-state index is 0. The first kappa shape index (κ1) is 15.7. The quantitative estimate of drug-likeness (QED) is 0.483. The molecule has 3 heteroatoms. The molecule has 0 nitrogen and oxygen atoms in total. The van der Waals surface area contributed by atoms with E-state index >= 15 is 0 Å². The van der Waals surface area contributed by atoms with E-state index in [1.54, 1.807) is 0 Å². The summed E-state index contributed by atoms with van der Waals surface area (Å²) >= 11 is 0. The summed E-state index contributed by atoms with van der Waals surface area (Å²) < 4.78 is 0. The van der Waals surface area contributed by atoms with Crippen molar-refractivity contribution in [2.75, 3.05) is 0 Å². The Hall–Kier alpha value is 0.280. The minimum atomic E-state index is 0. The van der Waals surface area contributed by atoms with Crippen LogP contribution in [-0.4, -0.2) is 0 Å². The second kappa shape index (κ2) is 6.69. The Balaban J connectivity index is 0. The van der Waals surface area contributed by atoms with Gasteiger partial charge in [-0.3, -0.25) is 0 Å². The van der Waals surface area contributed by atoms with Gasteiger partial charge in [0.25, 0.3) is 0 Å². The van der Waals surface area contributed by atoms with Gasteiger partial charge in [0.1, 0.15) is 0 Å². The number of aryl methyl sites for hydroxylation is 1.